The summed E-state index contributed by atoms with van der Waals surface area (Å²) in [5, 5.41) is 0. The number of carbonyl (C=O) groups excluding carboxylic acids is 4. The maximum absolute atomic E-state index is 10.6. The highest BCUT2D eigenvalue weighted by Crippen LogP contribution is 1.90. The molecule has 0 aliphatic carbocycles. The molecule has 0 fully saturated rings. The minimum Gasteiger partial charge on any atom is -0.460 e. The molecule has 0 aliphatic heterocycles. The first-order valence-corrected chi connectivity index (χ1v) is 7.03. The van der Waals surface area contributed by atoms with Crippen molar-refractivity contribution in [3.63, 3.8) is 0 Å². The SMILES string of the molecule is CCOC(=O)C(=O)CCCl.CCOC(=O)C(=O)CCCl. The second-order valence-corrected chi connectivity index (χ2v) is 3.92. The van der Waals surface area contributed by atoms with Gasteiger partial charge in [-0.25, -0.2) is 9.59 Å². The molecule has 20 heavy (non-hydrogen) atoms. The summed E-state index contributed by atoms with van der Waals surface area (Å²) < 4.78 is 8.82. The Morgan fingerprint density at radius 1 is 0.750 bits per heavy atom. The van der Waals surface area contributed by atoms with Crippen LogP contribution in [0.5, 0.6) is 0 Å². The molecule has 0 amide bonds. The van der Waals surface area contributed by atoms with Crippen molar-refractivity contribution in [1.29, 1.82) is 0 Å². The summed E-state index contributed by atoms with van der Waals surface area (Å²) in [5.74, 6) is -2.37. The standard InChI is InChI=1S/2C6H9ClO3/c2*1-2-10-6(9)5(8)3-4-7/h2*2-4H2,1H3. The first kappa shape index (κ1) is 21.2. The van der Waals surface area contributed by atoms with Gasteiger partial charge < -0.3 is 9.47 Å². The third-order valence-corrected chi connectivity index (χ3v) is 2.03. The molecule has 0 atom stereocenters. The van der Waals surface area contributed by atoms with Gasteiger partial charge in [0.1, 0.15) is 0 Å². The fourth-order valence-electron chi connectivity index (χ4n) is 0.799. The van der Waals surface area contributed by atoms with Crippen LogP contribution in [0.15, 0.2) is 0 Å². The molecular formula is C12H18Cl2O6. The zero-order valence-corrected chi connectivity index (χ0v) is 13.0. The molecule has 0 rings (SSSR count). The minimum absolute atomic E-state index is 0.0559. The smallest absolute Gasteiger partial charge is 0.374 e. The molecule has 6 nitrogen and oxygen atoms in total. The monoisotopic (exact) mass is 328 g/mol. The Kier molecular flexibility index (Phi) is 15.1. The van der Waals surface area contributed by atoms with Crippen molar-refractivity contribution >= 4 is 46.7 Å². The fraction of sp³-hybridized carbons (Fsp3) is 0.667. The quantitative estimate of drug-likeness (QED) is 0.381. The molecule has 0 saturated carbocycles. The molecule has 0 heterocycles. The maximum atomic E-state index is 10.6. The van der Waals surface area contributed by atoms with E-state index in [-0.39, 0.29) is 37.8 Å². The lowest BCUT2D eigenvalue weighted by Gasteiger charge is -1.96. The van der Waals surface area contributed by atoms with Crippen molar-refractivity contribution < 1.29 is 28.7 Å². The van der Waals surface area contributed by atoms with Gasteiger partial charge in [0.05, 0.1) is 13.2 Å². The van der Waals surface area contributed by atoms with Crippen LogP contribution >= 0.6 is 23.2 Å². The van der Waals surface area contributed by atoms with E-state index in [1.165, 1.54) is 0 Å². The van der Waals surface area contributed by atoms with Crippen LogP contribution < -0.4 is 0 Å². The number of esters is 2. The van der Waals surface area contributed by atoms with E-state index < -0.39 is 23.5 Å². The molecule has 0 unspecified atom stereocenters. The average molecular weight is 329 g/mol. The van der Waals surface area contributed by atoms with E-state index in [0.29, 0.717) is 0 Å². The van der Waals surface area contributed by atoms with Crippen molar-refractivity contribution in [2.45, 2.75) is 26.7 Å². The highest BCUT2D eigenvalue weighted by atomic mass is 35.5. The van der Waals surface area contributed by atoms with Crippen LogP contribution in [-0.4, -0.2) is 48.5 Å². The van der Waals surface area contributed by atoms with E-state index >= 15 is 0 Å². The number of halogens is 2. The number of rotatable bonds is 8. The Bertz CT molecular complexity index is 266. The lowest BCUT2D eigenvalue weighted by atomic mass is 10.3. The molecule has 0 aromatic carbocycles. The van der Waals surface area contributed by atoms with Gasteiger partial charge in [0.2, 0.25) is 11.6 Å². The molecule has 0 saturated heterocycles. The molecule has 0 aliphatic rings. The lowest BCUT2D eigenvalue weighted by molar-refractivity contribution is -0.153. The van der Waals surface area contributed by atoms with Gasteiger partial charge in [-0.15, -0.1) is 23.2 Å². The van der Waals surface area contributed by atoms with Crippen LogP contribution in [0.4, 0.5) is 0 Å². The van der Waals surface area contributed by atoms with Crippen molar-refractivity contribution in [1.82, 2.24) is 0 Å². The van der Waals surface area contributed by atoms with Gasteiger partial charge in [0.25, 0.3) is 0 Å². The van der Waals surface area contributed by atoms with Gasteiger partial charge in [-0.2, -0.15) is 0 Å². The predicted octanol–water partition coefficient (Wildman–Crippen LogP) is 1.49. The van der Waals surface area contributed by atoms with Crippen molar-refractivity contribution in [2.24, 2.45) is 0 Å². The van der Waals surface area contributed by atoms with Crippen molar-refractivity contribution in [3.8, 4) is 0 Å². The van der Waals surface area contributed by atoms with E-state index in [1.807, 2.05) is 0 Å². The summed E-state index contributed by atoms with van der Waals surface area (Å²) in [5.41, 5.74) is 0. The number of ether oxygens (including phenoxy) is 2. The largest absolute Gasteiger partial charge is 0.460 e. The number of hydrogen-bond acceptors (Lipinski definition) is 6. The van der Waals surface area contributed by atoms with E-state index in [4.69, 9.17) is 23.2 Å². The Hall–Kier alpha value is -1.14. The molecule has 0 N–H and O–H groups in total. The van der Waals surface area contributed by atoms with Gasteiger partial charge in [-0.3, -0.25) is 9.59 Å². The highest BCUT2D eigenvalue weighted by Gasteiger charge is 2.13. The molecular weight excluding hydrogens is 311 g/mol. The summed E-state index contributed by atoms with van der Waals surface area (Å²) in [6.07, 6.45) is 0.112. The maximum Gasteiger partial charge on any atom is 0.374 e. The van der Waals surface area contributed by atoms with Gasteiger partial charge in [-0.05, 0) is 13.8 Å². The first-order valence-electron chi connectivity index (χ1n) is 5.96. The fourth-order valence-corrected chi connectivity index (χ4v) is 1.14. The van der Waals surface area contributed by atoms with Crippen LogP contribution in [0.2, 0.25) is 0 Å². The van der Waals surface area contributed by atoms with Crippen LogP contribution in [0.25, 0.3) is 0 Å². The first-order chi connectivity index (χ1) is 9.44. The zero-order chi connectivity index (χ0) is 16.0. The normalized spacial score (nSPS) is 9.00. The Morgan fingerprint density at radius 3 is 1.25 bits per heavy atom. The van der Waals surface area contributed by atoms with E-state index in [9.17, 15) is 19.2 Å². The Balaban J connectivity index is 0. The summed E-state index contributed by atoms with van der Waals surface area (Å²) in [6.45, 7) is 3.75. The molecule has 116 valence electrons. The second kappa shape index (κ2) is 14.3. The molecule has 0 radical (unpaired) electrons. The van der Waals surface area contributed by atoms with Crippen molar-refractivity contribution in [2.75, 3.05) is 25.0 Å². The summed E-state index contributed by atoms with van der Waals surface area (Å²) in [7, 11) is 0. The van der Waals surface area contributed by atoms with Gasteiger partial charge in [0.15, 0.2) is 0 Å². The van der Waals surface area contributed by atoms with E-state index in [2.05, 4.69) is 9.47 Å². The van der Waals surface area contributed by atoms with E-state index in [0.717, 1.165) is 0 Å². The van der Waals surface area contributed by atoms with Crippen molar-refractivity contribution in [3.05, 3.63) is 0 Å². The minimum atomic E-state index is -0.789. The lowest BCUT2D eigenvalue weighted by Crippen LogP contribution is -2.17. The van der Waals surface area contributed by atoms with E-state index in [1.54, 1.807) is 13.8 Å². The number of Topliss-reactive ketones (excluding diaryl/α,β-unsaturated/α-hetero) is 2. The average Bonchev–Trinajstić information content (AvgIpc) is 2.40. The Labute approximate surface area is 127 Å². The predicted molar refractivity (Wildman–Crippen MR) is 74.0 cm³/mol. The molecule has 0 spiro atoms. The van der Waals surface area contributed by atoms with Gasteiger partial charge in [-0.1, -0.05) is 0 Å². The van der Waals surface area contributed by atoms with Crippen LogP contribution in [0, 0.1) is 0 Å². The Morgan fingerprint density at radius 2 is 1.05 bits per heavy atom. The molecule has 0 aromatic heterocycles. The third-order valence-electron chi connectivity index (χ3n) is 1.65. The van der Waals surface area contributed by atoms with Crippen LogP contribution in [0.3, 0.4) is 0 Å². The highest BCUT2D eigenvalue weighted by molar-refractivity contribution is 6.35. The number of carbonyl (C=O) groups is 4. The summed E-state index contributed by atoms with van der Waals surface area (Å²) in [6, 6.07) is 0. The second-order valence-electron chi connectivity index (χ2n) is 3.17. The zero-order valence-electron chi connectivity index (χ0n) is 11.4. The topological polar surface area (TPSA) is 86.7 Å². The van der Waals surface area contributed by atoms with Crippen LogP contribution in [0.1, 0.15) is 26.7 Å². The molecule has 0 bridgehead atoms. The number of hydrogen-bond donors (Lipinski definition) is 0. The summed E-state index contributed by atoms with van der Waals surface area (Å²) >= 11 is 10.4. The van der Waals surface area contributed by atoms with Gasteiger partial charge >= 0.3 is 11.9 Å². The molecule has 8 heteroatoms. The molecule has 0 aromatic rings. The van der Waals surface area contributed by atoms with Gasteiger partial charge in [0, 0.05) is 24.6 Å². The van der Waals surface area contributed by atoms with Crippen LogP contribution in [-0.2, 0) is 28.7 Å². The number of alkyl halides is 2. The summed E-state index contributed by atoms with van der Waals surface area (Å²) in [4.78, 5) is 42.2. The number of ketones is 2. The third kappa shape index (κ3) is 11.9.